The van der Waals surface area contributed by atoms with Gasteiger partial charge in [-0.15, -0.1) is 0 Å². The Bertz CT molecular complexity index is 1160. The fourth-order valence-corrected chi connectivity index (χ4v) is 5.97. The number of benzene rings is 2. The van der Waals surface area contributed by atoms with Crippen LogP contribution in [-0.4, -0.2) is 45.8 Å². The molecule has 1 aliphatic heterocycles. The predicted molar refractivity (Wildman–Crippen MR) is 109 cm³/mol. The van der Waals surface area contributed by atoms with Crippen LogP contribution in [0, 0.1) is 11.6 Å². The minimum Gasteiger partial charge on any atom is -0.387 e. The number of sulfonamides is 1. The van der Waals surface area contributed by atoms with Crippen molar-refractivity contribution in [3.63, 3.8) is 0 Å². The third-order valence-corrected chi connectivity index (χ3v) is 8.40. The van der Waals surface area contributed by atoms with Crippen LogP contribution in [0.4, 0.5) is 8.78 Å². The molecule has 1 saturated heterocycles. The molecule has 0 saturated carbocycles. The smallest absolute Gasteiger partial charge is 0.219 e. The Kier molecular flexibility index (Phi) is 4.53. The second kappa shape index (κ2) is 6.48. The van der Waals surface area contributed by atoms with Gasteiger partial charge < -0.3 is 9.67 Å². The summed E-state index contributed by atoms with van der Waals surface area (Å²) in [4.78, 5) is 0. The van der Waals surface area contributed by atoms with Gasteiger partial charge in [-0.05, 0) is 63.6 Å². The molecule has 1 atom stereocenters. The highest BCUT2D eigenvalue weighted by molar-refractivity contribution is 7.90. The molecule has 1 aliphatic rings. The number of β-amino-alcohol motifs (C(OH)–C–C–N with tert-alkyl or cyclic N) is 1. The van der Waals surface area contributed by atoms with Crippen molar-refractivity contribution >= 4 is 31.8 Å². The van der Waals surface area contributed by atoms with Gasteiger partial charge in [-0.3, -0.25) is 0 Å². The molecule has 156 valence electrons. The van der Waals surface area contributed by atoms with Gasteiger partial charge in [0.1, 0.15) is 11.6 Å². The summed E-state index contributed by atoms with van der Waals surface area (Å²) in [6.45, 7) is 5.34. The lowest BCUT2D eigenvalue weighted by Crippen LogP contribution is -2.46. The first-order chi connectivity index (χ1) is 13.4. The summed E-state index contributed by atoms with van der Waals surface area (Å²) >= 11 is 0. The molecule has 3 aromatic rings. The van der Waals surface area contributed by atoms with Crippen LogP contribution in [0.3, 0.4) is 0 Å². The Balaban J connectivity index is 1.75. The van der Waals surface area contributed by atoms with Crippen LogP contribution in [0.2, 0.25) is 0 Å². The van der Waals surface area contributed by atoms with Crippen molar-refractivity contribution in [2.45, 2.75) is 44.1 Å². The molecule has 1 N–H and O–H groups in total. The number of nitrogens with zero attached hydrogens (tertiary/aromatic N) is 2. The lowest BCUT2D eigenvalue weighted by Gasteiger charge is -2.30. The van der Waals surface area contributed by atoms with Gasteiger partial charge in [-0.2, -0.15) is 4.31 Å². The minimum absolute atomic E-state index is 0.0533. The van der Waals surface area contributed by atoms with Crippen molar-refractivity contribution in [3.05, 3.63) is 48.0 Å². The van der Waals surface area contributed by atoms with Crippen LogP contribution in [-0.2, 0) is 16.6 Å². The van der Waals surface area contributed by atoms with Gasteiger partial charge in [-0.1, -0.05) is 0 Å². The van der Waals surface area contributed by atoms with E-state index in [1.54, 1.807) is 37.5 Å². The molecular weight excluding hydrogens is 398 g/mol. The third kappa shape index (κ3) is 3.33. The van der Waals surface area contributed by atoms with E-state index in [1.807, 2.05) is 0 Å². The van der Waals surface area contributed by atoms with Gasteiger partial charge in [-0.25, -0.2) is 17.2 Å². The number of aromatic nitrogens is 1. The van der Waals surface area contributed by atoms with Gasteiger partial charge in [0.25, 0.3) is 0 Å². The first-order valence-corrected chi connectivity index (χ1v) is 10.9. The van der Waals surface area contributed by atoms with E-state index in [-0.39, 0.29) is 13.1 Å². The maximum Gasteiger partial charge on any atom is 0.219 e. The summed E-state index contributed by atoms with van der Waals surface area (Å²) in [6, 6.07) is 8.50. The first kappa shape index (κ1) is 20.3. The van der Waals surface area contributed by atoms with Gasteiger partial charge in [0.05, 0.1) is 16.9 Å². The van der Waals surface area contributed by atoms with Crippen LogP contribution in [0.5, 0.6) is 0 Å². The molecule has 0 amide bonds. The lowest BCUT2D eigenvalue weighted by molar-refractivity contribution is 0.0276. The van der Waals surface area contributed by atoms with E-state index in [0.717, 1.165) is 0 Å². The fourth-order valence-electron chi connectivity index (χ4n) is 4.15. The number of hydrogen-bond acceptors (Lipinski definition) is 3. The van der Waals surface area contributed by atoms with Crippen LogP contribution < -0.4 is 0 Å². The second-order valence-electron chi connectivity index (χ2n) is 8.75. The number of hydrogen-bond donors (Lipinski definition) is 1. The van der Waals surface area contributed by atoms with Crippen LogP contribution in [0.15, 0.2) is 36.4 Å². The van der Waals surface area contributed by atoms with E-state index < -0.39 is 32.0 Å². The largest absolute Gasteiger partial charge is 0.387 e. The molecule has 5 nitrogen and oxygen atoms in total. The first-order valence-electron chi connectivity index (χ1n) is 9.50. The summed E-state index contributed by atoms with van der Waals surface area (Å²) in [7, 11) is -3.51. The summed E-state index contributed by atoms with van der Waals surface area (Å²) in [5.41, 5.74) is -0.0800. The maximum atomic E-state index is 13.8. The number of rotatable bonds is 4. The van der Waals surface area contributed by atoms with Crippen molar-refractivity contribution in [1.29, 1.82) is 0 Å². The molecule has 1 aromatic heterocycles. The maximum absolute atomic E-state index is 13.8. The zero-order chi connectivity index (χ0) is 21.2. The van der Waals surface area contributed by atoms with Crippen LogP contribution in [0.25, 0.3) is 21.8 Å². The predicted octanol–water partition coefficient (Wildman–Crippen LogP) is 3.64. The van der Waals surface area contributed by atoms with Crippen molar-refractivity contribution < 1.29 is 22.3 Å². The summed E-state index contributed by atoms with van der Waals surface area (Å²) in [6.07, 6.45) is 0.499. The van der Waals surface area contributed by atoms with Gasteiger partial charge in [0.15, 0.2) is 0 Å². The zero-order valence-electron chi connectivity index (χ0n) is 16.6. The van der Waals surface area contributed by atoms with Gasteiger partial charge in [0, 0.05) is 34.9 Å². The van der Waals surface area contributed by atoms with Crippen LogP contribution in [0.1, 0.15) is 27.2 Å². The average Bonchev–Trinajstić information content (AvgIpc) is 3.00. The van der Waals surface area contributed by atoms with Crippen molar-refractivity contribution in [1.82, 2.24) is 8.87 Å². The van der Waals surface area contributed by atoms with E-state index in [4.69, 9.17) is 0 Å². The third-order valence-electron chi connectivity index (χ3n) is 5.81. The Morgan fingerprint density at radius 1 is 1.03 bits per heavy atom. The number of fused-ring (bicyclic) bond motifs is 3. The summed E-state index contributed by atoms with van der Waals surface area (Å²) < 4.78 is 55.3. The molecule has 0 spiro atoms. The molecule has 0 aliphatic carbocycles. The Labute approximate surface area is 168 Å². The molecule has 0 bridgehead atoms. The van der Waals surface area contributed by atoms with E-state index in [0.29, 0.717) is 34.8 Å². The molecule has 1 fully saturated rings. The van der Waals surface area contributed by atoms with Crippen molar-refractivity contribution in [2.24, 2.45) is 0 Å². The topological polar surface area (TPSA) is 62.5 Å². The lowest BCUT2D eigenvalue weighted by atomic mass is 10.1. The molecule has 1 unspecified atom stereocenters. The highest BCUT2D eigenvalue weighted by Gasteiger charge is 2.47. The molecule has 2 heterocycles. The Hall–Kier alpha value is -2.03. The number of halogens is 2. The van der Waals surface area contributed by atoms with E-state index in [9.17, 15) is 22.3 Å². The molecule has 8 heteroatoms. The monoisotopic (exact) mass is 422 g/mol. The summed E-state index contributed by atoms with van der Waals surface area (Å²) in [5.74, 6) is -0.865. The molecule has 0 radical (unpaired) electrons. The van der Waals surface area contributed by atoms with Crippen molar-refractivity contribution in [2.75, 3.05) is 13.1 Å². The van der Waals surface area contributed by atoms with E-state index in [1.165, 1.54) is 28.6 Å². The van der Waals surface area contributed by atoms with E-state index >= 15 is 0 Å². The summed E-state index contributed by atoms with van der Waals surface area (Å²) in [5, 5.41) is 12.2. The minimum atomic E-state index is -3.51. The zero-order valence-corrected chi connectivity index (χ0v) is 17.4. The molecular formula is C21H24F2N2O3S. The van der Waals surface area contributed by atoms with Gasteiger partial charge >= 0.3 is 0 Å². The second-order valence-corrected chi connectivity index (χ2v) is 11.3. The van der Waals surface area contributed by atoms with Crippen LogP contribution >= 0.6 is 0 Å². The highest BCUT2D eigenvalue weighted by atomic mass is 32.2. The van der Waals surface area contributed by atoms with Crippen molar-refractivity contribution in [3.8, 4) is 0 Å². The highest BCUT2D eigenvalue weighted by Crippen LogP contribution is 2.35. The quantitative estimate of drug-likeness (QED) is 0.698. The Morgan fingerprint density at radius 3 is 2.00 bits per heavy atom. The van der Waals surface area contributed by atoms with Gasteiger partial charge in [0.2, 0.25) is 10.0 Å². The Morgan fingerprint density at radius 2 is 1.55 bits per heavy atom. The normalized spacial score (nSPS) is 21.0. The fraction of sp³-hybridized carbons (Fsp3) is 0.429. The SMILES string of the molecule is CC(O)(CN1CCC(C)(C)S1(=O)=O)Cn1c2ccc(F)cc2c2cc(F)ccc21. The standard InChI is InChI=1S/C21H24F2N2O3S/c1-20(2)8-9-24(29(20,27)28)12-21(3,26)13-25-18-6-4-14(22)10-16(18)17-11-15(23)5-7-19(17)25/h4-7,10-11,26H,8-9,12-13H2,1-3H3. The number of aliphatic hydroxyl groups is 1. The molecule has 29 heavy (non-hydrogen) atoms. The molecule has 4 rings (SSSR count). The molecule has 2 aromatic carbocycles. The van der Waals surface area contributed by atoms with E-state index in [2.05, 4.69) is 0 Å². The average molecular weight is 422 g/mol.